The molecule has 23 heavy (non-hydrogen) atoms. The van der Waals surface area contributed by atoms with Crippen LogP contribution >= 0.6 is 0 Å². The lowest BCUT2D eigenvalue weighted by Crippen LogP contribution is -2.21. The number of benzene rings is 2. The van der Waals surface area contributed by atoms with Crippen LogP contribution in [0.3, 0.4) is 0 Å². The Morgan fingerprint density at radius 1 is 1.04 bits per heavy atom. The zero-order valence-corrected chi connectivity index (χ0v) is 14.4. The fourth-order valence-electron chi connectivity index (χ4n) is 3.56. The molecule has 2 nitrogen and oxygen atoms in total. The Bertz CT molecular complexity index is 591. The third-order valence-electron chi connectivity index (χ3n) is 4.87. The molecule has 0 spiro atoms. The highest BCUT2D eigenvalue weighted by Gasteiger charge is 2.22. The standard InChI is InChI=1S/C21H28N2/c1-3-14-22(2)20-9-11-21(12-10-20)23-15-13-19(17-23)16-18-7-5-4-6-8-18/h4-12,19H,3,13-17H2,1-2H3. The van der Waals surface area contributed by atoms with Crippen LogP contribution in [0.15, 0.2) is 54.6 Å². The number of anilines is 2. The van der Waals surface area contributed by atoms with Crippen LogP contribution in [0, 0.1) is 5.92 Å². The molecule has 3 rings (SSSR count). The number of hydrogen-bond donors (Lipinski definition) is 0. The molecule has 0 aliphatic carbocycles. The molecule has 2 aromatic rings. The van der Waals surface area contributed by atoms with Crippen molar-refractivity contribution in [2.24, 2.45) is 5.92 Å². The molecule has 1 heterocycles. The van der Waals surface area contributed by atoms with Gasteiger partial charge in [0.25, 0.3) is 0 Å². The minimum atomic E-state index is 0.778. The zero-order valence-electron chi connectivity index (χ0n) is 14.4. The first kappa shape index (κ1) is 15.9. The Hall–Kier alpha value is -1.96. The topological polar surface area (TPSA) is 6.48 Å². The first-order valence-corrected chi connectivity index (χ1v) is 8.86. The van der Waals surface area contributed by atoms with Crippen molar-refractivity contribution < 1.29 is 0 Å². The van der Waals surface area contributed by atoms with E-state index in [4.69, 9.17) is 0 Å². The fourth-order valence-corrected chi connectivity index (χ4v) is 3.56. The first-order chi connectivity index (χ1) is 11.3. The van der Waals surface area contributed by atoms with E-state index in [0.717, 1.165) is 12.5 Å². The van der Waals surface area contributed by atoms with Gasteiger partial charge in [-0.25, -0.2) is 0 Å². The van der Waals surface area contributed by atoms with Crippen LogP contribution in [0.5, 0.6) is 0 Å². The molecular formula is C21H28N2. The second-order valence-electron chi connectivity index (χ2n) is 6.73. The van der Waals surface area contributed by atoms with Gasteiger partial charge in [-0.1, -0.05) is 37.3 Å². The lowest BCUT2D eigenvalue weighted by Gasteiger charge is -2.22. The molecule has 1 atom stereocenters. The van der Waals surface area contributed by atoms with Crippen molar-refractivity contribution in [3.63, 3.8) is 0 Å². The van der Waals surface area contributed by atoms with Crippen molar-refractivity contribution in [1.29, 1.82) is 0 Å². The summed E-state index contributed by atoms with van der Waals surface area (Å²) in [6, 6.07) is 20.0. The Labute approximate surface area is 140 Å². The fraction of sp³-hybridized carbons (Fsp3) is 0.429. The molecule has 0 radical (unpaired) electrons. The normalized spacial score (nSPS) is 17.5. The van der Waals surface area contributed by atoms with Crippen LogP contribution in [-0.4, -0.2) is 26.7 Å². The van der Waals surface area contributed by atoms with Gasteiger partial charge in [-0.15, -0.1) is 0 Å². The second-order valence-corrected chi connectivity index (χ2v) is 6.73. The quantitative estimate of drug-likeness (QED) is 0.769. The summed E-state index contributed by atoms with van der Waals surface area (Å²) in [4.78, 5) is 4.86. The molecule has 0 amide bonds. The molecule has 1 unspecified atom stereocenters. The molecule has 122 valence electrons. The minimum absolute atomic E-state index is 0.778. The Balaban J connectivity index is 1.58. The lowest BCUT2D eigenvalue weighted by molar-refractivity contribution is 0.586. The van der Waals surface area contributed by atoms with Crippen molar-refractivity contribution >= 4 is 11.4 Å². The molecule has 1 fully saturated rings. The van der Waals surface area contributed by atoms with Crippen molar-refractivity contribution in [1.82, 2.24) is 0 Å². The van der Waals surface area contributed by atoms with Gasteiger partial charge in [-0.3, -0.25) is 0 Å². The summed E-state index contributed by atoms with van der Waals surface area (Å²) < 4.78 is 0. The van der Waals surface area contributed by atoms with Gasteiger partial charge in [0.15, 0.2) is 0 Å². The van der Waals surface area contributed by atoms with Crippen LogP contribution in [0.25, 0.3) is 0 Å². The van der Waals surface area contributed by atoms with E-state index in [2.05, 4.69) is 78.4 Å². The highest BCUT2D eigenvalue weighted by atomic mass is 15.2. The van der Waals surface area contributed by atoms with E-state index in [-0.39, 0.29) is 0 Å². The van der Waals surface area contributed by atoms with Crippen molar-refractivity contribution in [3.8, 4) is 0 Å². The Morgan fingerprint density at radius 3 is 2.48 bits per heavy atom. The molecule has 2 heteroatoms. The van der Waals surface area contributed by atoms with Gasteiger partial charge < -0.3 is 9.80 Å². The van der Waals surface area contributed by atoms with E-state index in [1.165, 1.54) is 49.3 Å². The molecule has 1 aliphatic rings. The van der Waals surface area contributed by atoms with E-state index < -0.39 is 0 Å². The van der Waals surface area contributed by atoms with Crippen LogP contribution in [0.1, 0.15) is 25.3 Å². The summed E-state index contributed by atoms with van der Waals surface area (Å²) in [6.07, 6.45) is 3.69. The van der Waals surface area contributed by atoms with Crippen LogP contribution in [0.4, 0.5) is 11.4 Å². The summed E-state index contributed by atoms with van der Waals surface area (Å²) in [5.74, 6) is 0.778. The number of hydrogen-bond acceptors (Lipinski definition) is 2. The average Bonchev–Trinajstić information content (AvgIpc) is 3.05. The summed E-state index contributed by atoms with van der Waals surface area (Å²) in [5.41, 5.74) is 4.15. The maximum absolute atomic E-state index is 2.54. The van der Waals surface area contributed by atoms with E-state index in [0.29, 0.717) is 0 Å². The smallest absolute Gasteiger partial charge is 0.0367 e. The Kier molecular flexibility index (Phi) is 5.22. The van der Waals surface area contributed by atoms with E-state index in [1.54, 1.807) is 0 Å². The first-order valence-electron chi connectivity index (χ1n) is 8.86. The third kappa shape index (κ3) is 4.07. The molecule has 1 aliphatic heterocycles. The van der Waals surface area contributed by atoms with E-state index in [1.807, 2.05) is 0 Å². The van der Waals surface area contributed by atoms with Crippen LogP contribution in [0.2, 0.25) is 0 Å². The average molecular weight is 308 g/mol. The molecule has 0 aromatic heterocycles. The van der Waals surface area contributed by atoms with Gasteiger partial charge in [0.05, 0.1) is 0 Å². The van der Waals surface area contributed by atoms with Gasteiger partial charge in [0, 0.05) is 38.1 Å². The van der Waals surface area contributed by atoms with Gasteiger partial charge in [-0.2, -0.15) is 0 Å². The van der Waals surface area contributed by atoms with Crippen molar-refractivity contribution in [2.45, 2.75) is 26.2 Å². The van der Waals surface area contributed by atoms with E-state index >= 15 is 0 Å². The molecule has 1 saturated heterocycles. The molecular weight excluding hydrogens is 280 g/mol. The number of rotatable bonds is 6. The van der Waals surface area contributed by atoms with Gasteiger partial charge in [0.1, 0.15) is 0 Å². The maximum atomic E-state index is 2.54. The molecule has 0 N–H and O–H groups in total. The van der Waals surface area contributed by atoms with Crippen LogP contribution in [-0.2, 0) is 6.42 Å². The van der Waals surface area contributed by atoms with Gasteiger partial charge >= 0.3 is 0 Å². The van der Waals surface area contributed by atoms with E-state index in [9.17, 15) is 0 Å². The van der Waals surface area contributed by atoms with Gasteiger partial charge in [0.2, 0.25) is 0 Å². The SMILES string of the molecule is CCCN(C)c1ccc(N2CCC(Cc3ccccc3)C2)cc1. The molecule has 0 bridgehead atoms. The lowest BCUT2D eigenvalue weighted by atomic mass is 9.99. The summed E-state index contributed by atoms with van der Waals surface area (Å²) in [7, 11) is 2.17. The number of nitrogens with zero attached hydrogens (tertiary/aromatic N) is 2. The Morgan fingerprint density at radius 2 is 1.78 bits per heavy atom. The minimum Gasteiger partial charge on any atom is -0.375 e. The second kappa shape index (κ2) is 7.54. The summed E-state index contributed by atoms with van der Waals surface area (Å²) in [5, 5.41) is 0. The van der Waals surface area contributed by atoms with Crippen molar-refractivity contribution in [2.75, 3.05) is 36.5 Å². The predicted octanol–water partition coefficient (Wildman–Crippen LogP) is 4.60. The van der Waals surface area contributed by atoms with Crippen molar-refractivity contribution in [3.05, 3.63) is 60.2 Å². The molecule has 0 saturated carbocycles. The molecule has 2 aromatic carbocycles. The maximum Gasteiger partial charge on any atom is 0.0367 e. The zero-order chi connectivity index (χ0) is 16.1. The summed E-state index contributed by atoms with van der Waals surface area (Å²) in [6.45, 7) is 5.70. The third-order valence-corrected chi connectivity index (χ3v) is 4.87. The van der Waals surface area contributed by atoms with Crippen LogP contribution < -0.4 is 9.80 Å². The highest BCUT2D eigenvalue weighted by Crippen LogP contribution is 2.27. The highest BCUT2D eigenvalue weighted by molar-refractivity contribution is 5.56. The largest absolute Gasteiger partial charge is 0.375 e. The monoisotopic (exact) mass is 308 g/mol. The predicted molar refractivity (Wildman–Crippen MR) is 100 cm³/mol. The summed E-state index contributed by atoms with van der Waals surface area (Å²) >= 11 is 0. The van der Waals surface area contributed by atoms with Gasteiger partial charge in [-0.05, 0) is 55.0 Å².